The summed E-state index contributed by atoms with van der Waals surface area (Å²) >= 11 is 2.77. The number of thiophene rings is 1. The molecule has 1 aromatic carbocycles. The van der Waals surface area contributed by atoms with Gasteiger partial charge in [-0.25, -0.2) is 18.5 Å². The molecule has 2 heterocycles. The van der Waals surface area contributed by atoms with Gasteiger partial charge in [0.1, 0.15) is 4.83 Å². The van der Waals surface area contributed by atoms with E-state index in [1.54, 1.807) is 18.4 Å². The molecule has 0 fully saturated rings. The predicted molar refractivity (Wildman–Crippen MR) is 119 cm³/mol. The average Bonchev–Trinajstić information content (AvgIpc) is 3.08. The number of thioether (sulfide) groups is 1. The minimum Gasteiger partial charge on any atom is -0.325 e. The summed E-state index contributed by atoms with van der Waals surface area (Å²) < 4.78 is 24.1. The Bertz CT molecular complexity index is 1290. The zero-order valence-corrected chi connectivity index (χ0v) is 18.6. The number of benzene rings is 1. The number of sulfonamides is 1. The Morgan fingerprint density at radius 3 is 2.67 bits per heavy atom. The van der Waals surface area contributed by atoms with E-state index < -0.39 is 10.0 Å². The molecule has 3 N–H and O–H groups in total. The number of nitrogens with two attached hydrogens (primary N) is 1. The number of carbonyl (C=O) groups is 1. The number of primary sulfonamides is 1. The van der Waals surface area contributed by atoms with Crippen molar-refractivity contribution in [3.05, 3.63) is 45.1 Å². The first-order valence-electron chi connectivity index (χ1n) is 9.31. The second-order valence-corrected chi connectivity index (χ2v) is 10.6. The Balaban J connectivity index is 1.49. The second kappa shape index (κ2) is 8.14. The molecule has 0 bridgehead atoms. The minimum atomic E-state index is -3.78. The van der Waals surface area contributed by atoms with Crippen LogP contribution in [0.25, 0.3) is 10.2 Å². The van der Waals surface area contributed by atoms with E-state index in [1.807, 2.05) is 0 Å². The van der Waals surface area contributed by atoms with Gasteiger partial charge in [0.25, 0.3) is 5.56 Å². The van der Waals surface area contributed by atoms with E-state index in [0.717, 1.165) is 41.5 Å². The van der Waals surface area contributed by atoms with E-state index in [-0.39, 0.29) is 22.1 Å². The first-order valence-corrected chi connectivity index (χ1v) is 12.7. The lowest BCUT2D eigenvalue weighted by molar-refractivity contribution is -0.113. The third-order valence-electron chi connectivity index (χ3n) is 4.95. The Hall–Kier alpha value is -2.21. The van der Waals surface area contributed by atoms with E-state index >= 15 is 0 Å². The van der Waals surface area contributed by atoms with Crippen LogP contribution >= 0.6 is 23.1 Å². The summed E-state index contributed by atoms with van der Waals surface area (Å²) in [5, 5.41) is 8.97. The zero-order chi connectivity index (χ0) is 21.5. The van der Waals surface area contributed by atoms with Crippen LogP contribution in [-0.2, 0) is 34.7 Å². The summed E-state index contributed by atoms with van der Waals surface area (Å²) in [4.78, 5) is 31.8. The van der Waals surface area contributed by atoms with Crippen molar-refractivity contribution in [2.24, 2.45) is 12.2 Å². The Morgan fingerprint density at radius 1 is 1.27 bits per heavy atom. The Morgan fingerprint density at radius 2 is 1.97 bits per heavy atom. The van der Waals surface area contributed by atoms with Crippen LogP contribution in [0.2, 0.25) is 0 Å². The van der Waals surface area contributed by atoms with Crippen LogP contribution in [-0.4, -0.2) is 29.6 Å². The maximum Gasteiger partial charge on any atom is 0.262 e. The molecule has 4 rings (SSSR count). The summed E-state index contributed by atoms with van der Waals surface area (Å²) in [6, 6.07) is 5.60. The molecule has 30 heavy (non-hydrogen) atoms. The van der Waals surface area contributed by atoms with E-state index in [0.29, 0.717) is 10.8 Å². The molecule has 0 unspecified atom stereocenters. The third kappa shape index (κ3) is 4.15. The topological polar surface area (TPSA) is 124 Å². The van der Waals surface area contributed by atoms with Crippen LogP contribution in [0, 0.1) is 0 Å². The first-order chi connectivity index (χ1) is 14.2. The van der Waals surface area contributed by atoms with E-state index in [1.165, 1.54) is 45.5 Å². The number of hydrogen-bond donors (Lipinski definition) is 2. The Kier molecular flexibility index (Phi) is 5.71. The second-order valence-electron chi connectivity index (χ2n) is 7.06. The number of amides is 1. The molecule has 11 heteroatoms. The van der Waals surface area contributed by atoms with Gasteiger partial charge in [-0.1, -0.05) is 11.8 Å². The number of nitrogens with one attached hydrogen (secondary N) is 1. The van der Waals surface area contributed by atoms with Gasteiger partial charge < -0.3 is 5.32 Å². The fourth-order valence-corrected chi connectivity index (χ4v) is 6.04. The van der Waals surface area contributed by atoms with Gasteiger partial charge in [0.2, 0.25) is 15.9 Å². The largest absolute Gasteiger partial charge is 0.325 e. The highest BCUT2D eigenvalue weighted by Gasteiger charge is 2.21. The smallest absolute Gasteiger partial charge is 0.262 e. The summed E-state index contributed by atoms with van der Waals surface area (Å²) in [7, 11) is -2.10. The number of rotatable bonds is 5. The van der Waals surface area contributed by atoms with Crippen molar-refractivity contribution in [1.29, 1.82) is 0 Å². The van der Waals surface area contributed by atoms with Crippen LogP contribution < -0.4 is 16.0 Å². The van der Waals surface area contributed by atoms with Gasteiger partial charge in [-0.2, -0.15) is 0 Å². The molecule has 0 saturated carbocycles. The third-order valence-corrected chi connectivity index (χ3v) is 8.10. The molecule has 1 amide bonds. The number of fused-ring (bicyclic) bond motifs is 3. The van der Waals surface area contributed by atoms with Crippen LogP contribution in [0.4, 0.5) is 5.69 Å². The van der Waals surface area contributed by atoms with Crippen molar-refractivity contribution < 1.29 is 13.2 Å². The van der Waals surface area contributed by atoms with Crippen molar-refractivity contribution in [3.8, 4) is 0 Å². The van der Waals surface area contributed by atoms with Gasteiger partial charge >= 0.3 is 0 Å². The molecule has 1 aliphatic carbocycles. The van der Waals surface area contributed by atoms with Crippen LogP contribution in [0.1, 0.15) is 23.3 Å². The molecule has 0 spiro atoms. The number of carbonyl (C=O) groups excluding carboxylic acids is 1. The van der Waals surface area contributed by atoms with Gasteiger partial charge in [-0.05, 0) is 55.5 Å². The lowest BCUT2D eigenvalue weighted by Gasteiger charge is -2.11. The van der Waals surface area contributed by atoms with Gasteiger partial charge in [0.15, 0.2) is 5.16 Å². The highest BCUT2D eigenvalue weighted by Crippen LogP contribution is 2.34. The average molecular weight is 465 g/mol. The van der Waals surface area contributed by atoms with Gasteiger partial charge in [-0.15, -0.1) is 11.3 Å². The van der Waals surface area contributed by atoms with Gasteiger partial charge in [-0.3, -0.25) is 14.2 Å². The summed E-state index contributed by atoms with van der Waals surface area (Å²) in [6.07, 6.45) is 4.15. The number of anilines is 1. The van der Waals surface area contributed by atoms with Crippen molar-refractivity contribution in [3.63, 3.8) is 0 Å². The molecular weight excluding hydrogens is 444 g/mol. The molecule has 1 aliphatic rings. The molecule has 2 aromatic heterocycles. The van der Waals surface area contributed by atoms with Crippen LogP contribution in [0.15, 0.2) is 39.1 Å². The van der Waals surface area contributed by atoms with Crippen molar-refractivity contribution in [2.75, 3.05) is 11.1 Å². The van der Waals surface area contributed by atoms with E-state index in [4.69, 9.17) is 5.14 Å². The van der Waals surface area contributed by atoms with E-state index in [2.05, 4.69) is 10.3 Å². The molecule has 8 nitrogen and oxygen atoms in total. The number of aromatic nitrogens is 2. The molecule has 0 saturated heterocycles. The lowest BCUT2D eigenvalue weighted by Crippen LogP contribution is -2.22. The van der Waals surface area contributed by atoms with Crippen molar-refractivity contribution in [2.45, 2.75) is 35.7 Å². The standard InChI is InChI=1S/C19H20N4O4S3/c1-23-18(25)16-13-4-2-3-5-14(13)29-17(16)22-19(23)28-10-15(24)21-11-6-8-12(9-7-11)30(20,26)27/h6-9H,2-5,10H2,1H3,(H,21,24)(H2,20,26,27). The predicted octanol–water partition coefficient (Wildman–Crippen LogP) is 2.25. The van der Waals surface area contributed by atoms with Crippen LogP contribution in [0.5, 0.6) is 0 Å². The molecule has 0 radical (unpaired) electrons. The SMILES string of the molecule is Cn1c(SCC(=O)Nc2ccc(S(N)(=O)=O)cc2)nc2sc3c(c2c1=O)CCCC3. The molecule has 0 atom stereocenters. The molecule has 0 aliphatic heterocycles. The summed E-state index contributed by atoms with van der Waals surface area (Å²) in [5.41, 5.74) is 1.53. The molecule has 3 aromatic rings. The highest BCUT2D eigenvalue weighted by molar-refractivity contribution is 7.99. The van der Waals surface area contributed by atoms with Gasteiger partial charge in [0.05, 0.1) is 16.0 Å². The fraction of sp³-hybridized carbons (Fsp3) is 0.316. The summed E-state index contributed by atoms with van der Waals surface area (Å²) in [6.45, 7) is 0. The maximum absolute atomic E-state index is 12.9. The summed E-state index contributed by atoms with van der Waals surface area (Å²) in [5.74, 6) is -0.225. The minimum absolute atomic E-state index is 0.0268. The van der Waals surface area contributed by atoms with Gasteiger partial charge in [0, 0.05) is 17.6 Å². The maximum atomic E-state index is 12.9. The van der Waals surface area contributed by atoms with Crippen LogP contribution in [0.3, 0.4) is 0 Å². The number of aryl methyl sites for hydroxylation is 2. The quantitative estimate of drug-likeness (QED) is 0.441. The monoisotopic (exact) mass is 464 g/mol. The van der Waals surface area contributed by atoms with E-state index in [9.17, 15) is 18.0 Å². The number of hydrogen-bond acceptors (Lipinski definition) is 7. The van der Waals surface area contributed by atoms with Crippen molar-refractivity contribution in [1.82, 2.24) is 9.55 Å². The first kappa shape index (κ1) is 21.0. The Labute approximate surface area is 181 Å². The normalized spacial score (nSPS) is 13.9. The molecule has 158 valence electrons. The van der Waals surface area contributed by atoms with Crippen molar-refractivity contribution >= 4 is 54.9 Å². The zero-order valence-electron chi connectivity index (χ0n) is 16.2. The number of nitrogens with zero attached hydrogens (tertiary/aromatic N) is 2. The molecular formula is C19H20N4O4S3. The fourth-order valence-electron chi connectivity index (χ4n) is 3.45. The highest BCUT2D eigenvalue weighted by atomic mass is 32.2. The lowest BCUT2D eigenvalue weighted by atomic mass is 9.97.